The smallest absolute Gasteiger partial charge is 0.347 e. The minimum Gasteiger partial charge on any atom is -0.507 e. The maximum Gasteiger partial charge on any atom is 0.347 e. The van der Waals surface area contributed by atoms with Crippen LogP contribution in [0.3, 0.4) is 0 Å². The maximum absolute atomic E-state index is 11.5. The van der Waals surface area contributed by atoms with Gasteiger partial charge in [0, 0.05) is 23.1 Å². The summed E-state index contributed by atoms with van der Waals surface area (Å²) >= 11 is 0. The molecule has 1 aliphatic rings. The van der Waals surface area contributed by atoms with Crippen LogP contribution in [-0.2, 0) is 22.0 Å². The molecule has 1 atom stereocenters. The number of phenolic OH excluding ortho intramolecular Hbond substituents is 1. The van der Waals surface area contributed by atoms with E-state index in [-0.39, 0.29) is 10.8 Å². The van der Waals surface area contributed by atoms with Crippen LogP contribution in [0.4, 0.5) is 0 Å². The lowest BCUT2D eigenvalue weighted by Gasteiger charge is -2.37. The number of hydrogen-bond acceptors (Lipinski definition) is 3. The van der Waals surface area contributed by atoms with E-state index in [9.17, 15) is 15.0 Å². The number of carbonyl (C=O) groups is 1. The van der Waals surface area contributed by atoms with Gasteiger partial charge in [-0.1, -0.05) is 41.5 Å². The van der Waals surface area contributed by atoms with Gasteiger partial charge < -0.3 is 14.9 Å². The van der Waals surface area contributed by atoms with E-state index < -0.39 is 11.6 Å². The van der Waals surface area contributed by atoms with Crippen LogP contribution in [0, 0.1) is 0 Å². The number of rotatable bonds is 1. The fraction of sp³-hybridized carbons (Fsp3) is 0.632. The zero-order valence-corrected chi connectivity index (χ0v) is 15.2. The Balaban J connectivity index is 2.74. The van der Waals surface area contributed by atoms with Crippen molar-refractivity contribution in [2.24, 2.45) is 0 Å². The molecule has 0 aliphatic carbocycles. The van der Waals surface area contributed by atoms with Gasteiger partial charge in [-0.15, -0.1) is 0 Å². The third-order valence-corrected chi connectivity index (χ3v) is 4.56. The molecule has 0 saturated carbocycles. The molecule has 4 nitrogen and oxygen atoms in total. The van der Waals surface area contributed by atoms with Crippen molar-refractivity contribution in [2.45, 2.75) is 77.7 Å². The van der Waals surface area contributed by atoms with E-state index >= 15 is 0 Å². The highest BCUT2D eigenvalue weighted by Crippen LogP contribution is 2.48. The SMILES string of the molecule is CC1(C(=O)O)CCc2c(cc(C(C)(C)C)c(O)c2C(C)(C)C)O1. The third-order valence-electron chi connectivity index (χ3n) is 4.56. The second-order valence-electron chi connectivity index (χ2n) is 8.76. The molecule has 0 amide bonds. The summed E-state index contributed by atoms with van der Waals surface area (Å²) in [6.45, 7) is 13.9. The van der Waals surface area contributed by atoms with Gasteiger partial charge in [-0.05, 0) is 30.2 Å². The highest BCUT2D eigenvalue weighted by molar-refractivity contribution is 5.78. The molecule has 0 aromatic heterocycles. The summed E-state index contributed by atoms with van der Waals surface area (Å²) in [6.07, 6.45) is 0.982. The number of phenols is 1. The summed E-state index contributed by atoms with van der Waals surface area (Å²) in [6, 6.07) is 1.82. The number of carboxylic acid groups (broad SMARTS) is 1. The molecule has 0 bridgehead atoms. The molecule has 2 rings (SSSR count). The van der Waals surface area contributed by atoms with Gasteiger partial charge in [0.05, 0.1) is 0 Å². The van der Waals surface area contributed by atoms with Gasteiger partial charge in [-0.2, -0.15) is 0 Å². The van der Waals surface area contributed by atoms with Crippen molar-refractivity contribution in [3.05, 3.63) is 22.8 Å². The Morgan fingerprint density at radius 3 is 2.17 bits per heavy atom. The summed E-state index contributed by atoms with van der Waals surface area (Å²) in [5.41, 5.74) is 0.855. The van der Waals surface area contributed by atoms with Crippen molar-refractivity contribution in [1.82, 2.24) is 0 Å². The molecule has 128 valence electrons. The molecule has 0 radical (unpaired) electrons. The Morgan fingerprint density at radius 2 is 1.74 bits per heavy atom. The largest absolute Gasteiger partial charge is 0.507 e. The first kappa shape index (κ1) is 17.6. The molecular formula is C19H28O4. The molecule has 0 saturated heterocycles. The molecule has 4 heteroatoms. The number of ether oxygens (including phenoxy) is 1. The number of aliphatic carboxylic acids is 1. The Bertz CT molecular complexity index is 647. The number of hydrogen-bond donors (Lipinski definition) is 2. The molecule has 0 fully saturated rings. The first-order valence-corrected chi connectivity index (χ1v) is 8.09. The van der Waals surface area contributed by atoms with Crippen LogP contribution in [0.1, 0.15) is 71.6 Å². The van der Waals surface area contributed by atoms with Gasteiger partial charge >= 0.3 is 5.97 Å². The Kier molecular flexibility index (Phi) is 3.95. The molecule has 1 aromatic rings. The van der Waals surface area contributed by atoms with Gasteiger partial charge in [-0.25, -0.2) is 4.79 Å². The summed E-state index contributed by atoms with van der Waals surface area (Å²) in [7, 11) is 0. The minimum absolute atomic E-state index is 0.254. The lowest BCUT2D eigenvalue weighted by atomic mass is 9.75. The summed E-state index contributed by atoms with van der Waals surface area (Å²) in [5.74, 6) is -0.0501. The Hall–Kier alpha value is -1.71. The monoisotopic (exact) mass is 320 g/mol. The van der Waals surface area contributed by atoms with Gasteiger partial charge in [-0.3, -0.25) is 0 Å². The minimum atomic E-state index is -1.21. The van der Waals surface area contributed by atoms with Crippen molar-refractivity contribution in [2.75, 3.05) is 0 Å². The van der Waals surface area contributed by atoms with E-state index in [1.807, 2.05) is 26.8 Å². The normalized spacial score (nSPS) is 21.5. The number of carboxylic acids is 1. The zero-order valence-electron chi connectivity index (χ0n) is 15.2. The standard InChI is InChI=1S/C19H28O4/c1-17(2,3)12-10-13-11(14(15(12)20)18(4,5)6)8-9-19(7,23-13)16(21)22/h10,20H,8-9H2,1-7H3,(H,21,22). The topological polar surface area (TPSA) is 66.8 Å². The Labute approximate surface area is 138 Å². The number of aromatic hydroxyl groups is 1. The quantitative estimate of drug-likeness (QED) is 0.815. The molecule has 23 heavy (non-hydrogen) atoms. The lowest BCUT2D eigenvalue weighted by Crippen LogP contribution is -2.44. The van der Waals surface area contributed by atoms with Crippen molar-refractivity contribution < 1.29 is 19.7 Å². The molecule has 1 aromatic carbocycles. The van der Waals surface area contributed by atoms with Gasteiger partial charge in [0.1, 0.15) is 11.5 Å². The second-order valence-corrected chi connectivity index (χ2v) is 8.76. The van der Waals surface area contributed by atoms with Gasteiger partial charge in [0.2, 0.25) is 5.60 Å². The molecule has 0 spiro atoms. The molecular weight excluding hydrogens is 292 g/mol. The summed E-state index contributed by atoms with van der Waals surface area (Å²) in [5, 5.41) is 20.3. The highest BCUT2D eigenvalue weighted by atomic mass is 16.5. The number of benzene rings is 1. The molecule has 1 unspecified atom stereocenters. The highest BCUT2D eigenvalue weighted by Gasteiger charge is 2.42. The molecule has 1 aliphatic heterocycles. The average Bonchev–Trinajstić information content (AvgIpc) is 2.35. The van der Waals surface area contributed by atoms with Crippen molar-refractivity contribution in [3.63, 3.8) is 0 Å². The van der Waals surface area contributed by atoms with Gasteiger partial charge in [0.25, 0.3) is 0 Å². The van der Waals surface area contributed by atoms with Crippen LogP contribution in [-0.4, -0.2) is 21.8 Å². The van der Waals surface area contributed by atoms with E-state index in [1.165, 1.54) is 0 Å². The van der Waals surface area contributed by atoms with E-state index in [1.54, 1.807) is 6.92 Å². The average molecular weight is 320 g/mol. The van der Waals surface area contributed by atoms with Crippen molar-refractivity contribution in [3.8, 4) is 11.5 Å². The van der Waals surface area contributed by atoms with E-state index in [0.717, 1.165) is 16.7 Å². The fourth-order valence-electron chi connectivity index (χ4n) is 3.21. The van der Waals surface area contributed by atoms with E-state index in [4.69, 9.17) is 4.74 Å². The zero-order chi connectivity index (χ0) is 17.8. The van der Waals surface area contributed by atoms with Crippen LogP contribution in [0.15, 0.2) is 6.07 Å². The van der Waals surface area contributed by atoms with Crippen LogP contribution in [0.5, 0.6) is 11.5 Å². The first-order chi connectivity index (χ1) is 10.3. The molecule has 1 heterocycles. The maximum atomic E-state index is 11.5. The van der Waals surface area contributed by atoms with Crippen LogP contribution >= 0.6 is 0 Å². The van der Waals surface area contributed by atoms with Crippen LogP contribution in [0.25, 0.3) is 0 Å². The lowest BCUT2D eigenvalue weighted by molar-refractivity contribution is -0.155. The van der Waals surface area contributed by atoms with Crippen LogP contribution < -0.4 is 4.74 Å². The predicted octanol–water partition coefficient (Wildman–Crippen LogP) is 4.16. The van der Waals surface area contributed by atoms with Crippen LogP contribution in [0.2, 0.25) is 0 Å². The van der Waals surface area contributed by atoms with Gasteiger partial charge in [0.15, 0.2) is 0 Å². The van der Waals surface area contributed by atoms with Crippen molar-refractivity contribution in [1.29, 1.82) is 0 Å². The van der Waals surface area contributed by atoms with E-state index in [2.05, 4.69) is 20.8 Å². The molecule has 2 N–H and O–H groups in total. The number of fused-ring (bicyclic) bond motifs is 1. The third kappa shape index (κ3) is 3.04. The van der Waals surface area contributed by atoms with Crippen molar-refractivity contribution >= 4 is 5.97 Å². The first-order valence-electron chi connectivity index (χ1n) is 8.09. The predicted molar refractivity (Wildman–Crippen MR) is 90.5 cm³/mol. The second kappa shape index (κ2) is 5.15. The Morgan fingerprint density at radius 1 is 1.17 bits per heavy atom. The fourth-order valence-corrected chi connectivity index (χ4v) is 3.21. The van der Waals surface area contributed by atoms with E-state index in [0.29, 0.717) is 24.3 Å². The summed E-state index contributed by atoms with van der Waals surface area (Å²) in [4.78, 5) is 11.5. The summed E-state index contributed by atoms with van der Waals surface area (Å²) < 4.78 is 5.90.